The van der Waals surface area contributed by atoms with E-state index < -0.39 is 0 Å². The topological polar surface area (TPSA) is 21.3 Å². The van der Waals surface area contributed by atoms with Gasteiger partial charge in [0, 0.05) is 12.6 Å². The Labute approximate surface area is 126 Å². The first-order valence-electron chi connectivity index (χ1n) is 7.25. The van der Waals surface area contributed by atoms with E-state index in [1.54, 1.807) is 6.07 Å². The molecule has 1 N–H and O–H groups in total. The molecule has 0 aliphatic carbocycles. The van der Waals surface area contributed by atoms with E-state index >= 15 is 0 Å². The van der Waals surface area contributed by atoms with E-state index in [2.05, 4.69) is 43.4 Å². The van der Waals surface area contributed by atoms with Crippen molar-refractivity contribution in [3.63, 3.8) is 0 Å². The van der Waals surface area contributed by atoms with Crippen LogP contribution in [0.2, 0.25) is 0 Å². The van der Waals surface area contributed by atoms with Crippen LogP contribution in [0.15, 0.2) is 42.5 Å². The Morgan fingerprint density at radius 1 is 1.05 bits per heavy atom. The summed E-state index contributed by atoms with van der Waals surface area (Å²) in [7, 11) is 0. The fraction of sp³-hybridized carbons (Fsp3) is 0.333. The lowest BCUT2D eigenvalue weighted by molar-refractivity contribution is 0.303. The van der Waals surface area contributed by atoms with Crippen LogP contribution in [0.3, 0.4) is 0 Å². The minimum absolute atomic E-state index is 0.234. The second-order valence-corrected chi connectivity index (χ2v) is 5.55. The average molecular weight is 287 g/mol. The minimum atomic E-state index is -0.234. The molecule has 2 nitrogen and oxygen atoms in total. The second kappa shape index (κ2) is 7.23. The summed E-state index contributed by atoms with van der Waals surface area (Å²) in [5.74, 6) is 0.490. The van der Waals surface area contributed by atoms with Gasteiger partial charge in [-0.25, -0.2) is 4.39 Å². The summed E-state index contributed by atoms with van der Waals surface area (Å²) in [5, 5.41) is 3.39. The van der Waals surface area contributed by atoms with Crippen molar-refractivity contribution < 1.29 is 9.13 Å². The highest BCUT2D eigenvalue weighted by atomic mass is 19.1. The first-order valence-corrected chi connectivity index (χ1v) is 7.25. The molecule has 0 aliphatic rings. The lowest BCUT2D eigenvalue weighted by atomic mass is 10.1. The van der Waals surface area contributed by atoms with Gasteiger partial charge >= 0.3 is 0 Å². The molecular weight excluding hydrogens is 265 g/mol. The van der Waals surface area contributed by atoms with Crippen molar-refractivity contribution in [2.24, 2.45) is 0 Å². The predicted octanol–water partition coefficient (Wildman–Crippen LogP) is 4.21. The first-order chi connectivity index (χ1) is 10.0. The van der Waals surface area contributed by atoms with Gasteiger partial charge in [-0.2, -0.15) is 0 Å². The standard InChI is InChI=1S/C18H22FNO/c1-13(2)20-11-15-4-6-16(7-5-15)12-21-18-9-8-17(19)10-14(18)3/h4-10,13,20H,11-12H2,1-3H3. The fourth-order valence-electron chi connectivity index (χ4n) is 2.01. The number of hydrogen-bond acceptors (Lipinski definition) is 2. The fourth-order valence-corrected chi connectivity index (χ4v) is 2.01. The zero-order chi connectivity index (χ0) is 15.2. The SMILES string of the molecule is Cc1cc(F)ccc1OCc1ccc(CNC(C)C)cc1. The van der Waals surface area contributed by atoms with E-state index in [0.717, 1.165) is 23.4 Å². The highest BCUT2D eigenvalue weighted by Crippen LogP contribution is 2.19. The lowest BCUT2D eigenvalue weighted by Crippen LogP contribution is -2.21. The van der Waals surface area contributed by atoms with Crippen molar-refractivity contribution in [1.82, 2.24) is 5.32 Å². The summed E-state index contributed by atoms with van der Waals surface area (Å²) in [4.78, 5) is 0. The van der Waals surface area contributed by atoms with Crippen LogP contribution in [0, 0.1) is 12.7 Å². The van der Waals surface area contributed by atoms with Crippen LogP contribution in [0.4, 0.5) is 4.39 Å². The van der Waals surface area contributed by atoms with Gasteiger partial charge in [-0.15, -0.1) is 0 Å². The number of ether oxygens (including phenoxy) is 1. The van der Waals surface area contributed by atoms with Crippen molar-refractivity contribution in [3.05, 3.63) is 65.0 Å². The van der Waals surface area contributed by atoms with Crippen LogP contribution >= 0.6 is 0 Å². The van der Waals surface area contributed by atoms with Gasteiger partial charge in [0.15, 0.2) is 0 Å². The molecule has 21 heavy (non-hydrogen) atoms. The molecule has 0 unspecified atom stereocenters. The van der Waals surface area contributed by atoms with Crippen LogP contribution in [0.5, 0.6) is 5.75 Å². The quantitative estimate of drug-likeness (QED) is 0.859. The second-order valence-electron chi connectivity index (χ2n) is 5.55. The van der Waals surface area contributed by atoms with Gasteiger partial charge in [0.05, 0.1) is 0 Å². The zero-order valence-electron chi connectivity index (χ0n) is 12.8. The van der Waals surface area contributed by atoms with Gasteiger partial charge in [0.1, 0.15) is 18.2 Å². The van der Waals surface area contributed by atoms with Crippen LogP contribution < -0.4 is 10.1 Å². The van der Waals surface area contributed by atoms with Crippen LogP contribution in [0.1, 0.15) is 30.5 Å². The van der Waals surface area contributed by atoms with Gasteiger partial charge in [0.2, 0.25) is 0 Å². The van der Waals surface area contributed by atoms with Crippen molar-refractivity contribution in [2.75, 3.05) is 0 Å². The molecule has 2 rings (SSSR count). The summed E-state index contributed by atoms with van der Waals surface area (Å²) < 4.78 is 18.8. The number of benzene rings is 2. The van der Waals surface area contributed by atoms with Crippen molar-refractivity contribution in [3.8, 4) is 5.75 Å². The van der Waals surface area contributed by atoms with Gasteiger partial charge in [0.25, 0.3) is 0 Å². The largest absolute Gasteiger partial charge is 0.489 e. The Balaban J connectivity index is 1.91. The Hall–Kier alpha value is -1.87. The maximum absolute atomic E-state index is 13.0. The third-order valence-electron chi connectivity index (χ3n) is 3.27. The van der Waals surface area contributed by atoms with Crippen molar-refractivity contribution >= 4 is 0 Å². The Morgan fingerprint density at radius 3 is 2.33 bits per heavy atom. The molecule has 0 fully saturated rings. The molecule has 0 bridgehead atoms. The summed E-state index contributed by atoms with van der Waals surface area (Å²) in [6.07, 6.45) is 0. The third kappa shape index (κ3) is 4.87. The lowest BCUT2D eigenvalue weighted by Gasteiger charge is -2.11. The minimum Gasteiger partial charge on any atom is -0.489 e. The van der Waals surface area contributed by atoms with Gasteiger partial charge in [-0.05, 0) is 41.8 Å². The molecule has 2 aromatic rings. The number of rotatable bonds is 6. The predicted molar refractivity (Wildman–Crippen MR) is 83.9 cm³/mol. The monoisotopic (exact) mass is 287 g/mol. The van der Waals surface area contributed by atoms with E-state index in [0.29, 0.717) is 12.6 Å². The van der Waals surface area contributed by atoms with Gasteiger partial charge < -0.3 is 10.1 Å². The van der Waals surface area contributed by atoms with Crippen LogP contribution in [0.25, 0.3) is 0 Å². The summed E-state index contributed by atoms with van der Waals surface area (Å²) in [6.45, 7) is 7.47. The molecular formula is C18H22FNO. The van der Waals surface area contributed by atoms with E-state index in [9.17, 15) is 4.39 Å². The zero-order valence-corrected chi connectivity index (χ0v) is 12.8. The molecule has 0 heterocycles. The summed E-state index contributed by atoms with van der Waals surface area (Å²) >= 11 is 0. The van der Waals surface area contributed by atoms with Crippen LogP contribution in [-0.4, -0.2) is 6.04 Å². The van der Waals surface area contributed by atoms with Crippen molar-refractivity contribution in [1.29, 1.82) is 0 Å². The maximum atomic E-state index is 13.0. The van der Waals surface area contributed by atoms with E-state index in [1.807, 2.05) is 6.92 Å². The van der Waals surface area contributed by atoms with Gasteiger partial charge in [-0.1, -0.05) is 38.1 Å². The Morgan fingerprint density at radius 2 is 1.71 bits per heavy atom. The molecule has 3 heteroatoms. The molecule has 0 saturated heterocycles. The number of halogens is 1. The highest BCUT2D eigenvalue weighted by Gasteiger charge is 2.02. The van der Waals surface area contributed by atoms with Gasteiger partial charge in [-0.3, -0.25) is 0 Å². The highest BCUT2D eigenvalue weighted by molar-refractivity contribution is 5.33. The Kier molecular flexibility index (Phi) is 5.34. The molecule has 0 aliphatic heterocycles. The smallest absolute Gasteiger partial charge is 0.123 e. The summed E-state index contributed by atoms with van der Waals surface area (Å²) in [5.41, 5.74) is 3.17. The maximum Gasteiger partial charge on any atom is 0.123 e. The van der Waals surface area contributed by atoms with Crippen LogP contribution in [-0.2, 0) is 13.2 Å². The first kappa shape index (κ1) is 15.5. The Bertz CT molecular complexity index is 578. The molecule has 0 atom stereocenters. The molecule has 0 aromatic heterocycles. The third-order valence-corrected chi connectivity index (χ3v) is 3.27. The molecule has 0 spiro atoms. The average Bonchev–Trinajstić information content (AvgIpc) is 2.45. The molecule has 2 aromatic carbocycles. The summed E-state index contributed by atoms with van der Waals surface area (Å²) in [6, 6.07) is 13.4. The van der Waals surface area contributed by atoms with E-state index in [-0.39, 0.29) is 5.82 Å². The normalized spacial score (nSPS) is 10.9. The number of nitrogens with one attached hydrogen (secondary N) is 1. The van der Waals surface area contributed by atoms with Crippen molar-refractivity contribution in [2.45, 2.75) is 40.0 Å². The number of aryl methyl sites for hydroxylation is 1. The molecule has 0 saturated carbocycles. The molecule has 0 radical (unpaired) electrons. The molecule has 112 valence electrons. The number of hydrogen-bond donors (Lipinski definition) is 1. The van der Waals surface area contributed by atoms with E-state index in [1.165, 1.54) is 17.7 Å². The van der Waals surface area contributed by atoms with E-state index in [4.69, 9.17) is 4.74 Å². The molecule has 0 amide bonds.